The first-order chi connectivity index (χ1) is 9.13. The number of allylic oxidation sites excluding steroid dienone is 3. The summed E-state index contributed by atoms with van der Waals surface area (Å²) in [4.78, 5) is 1.86. The Balaban J connectivity index is 2.28. The summed E-state index contributed by atoms with van der Waals surface area (Å²) in [6, 6.07) is 4.94. The molecule has 0 saturated carbocycles. The standard InChI is InChI=1S/C15H16FNOS/c1-11-5-4-6-15(17(11)2)13-8-7-12(9-14(13)16)18-10-19-3/h4-9H,1,10H2,2-3H3. The van der Waals surface area contributed by atoms with Crippen LogP contribution in [0.25, 0.3) is 5.70 Å². The highest BCUT2D eigenvalue weighted by Crippen LogP contribution is 2.29. The zero-order chi connectivity index (χ0) is 13.8. The van der Waals surface area contributed by atoms with Gasteiger partial charge in [-0.2, -0.15) is 0 Å². The maximum atomic E-state index is 14.2. The van der Waals surface area contributed by atoms with Crippen LogP contribution in [0.3, 0.4) is 0 Å². The topological polar surface area (TPSA) is 12.5 Å². The van der Waals surface area contributed by atoms with Crippen LogP contribution < -0.4 is 4.74 Å². The lowest BCUT2D eigenvalue weighted by atomic mass is 10.1. The molecule has 0 fully saturated rings. The van der Waals surface area contributed by atoms with Crippen LogP contribution in [0.1, 0.15) is 5.56 Å². The van der Waals surface area contributed by atoms with Crippen molar-refractivity contribution in [3.63, 3.8) is 0 Å². The van der Waals surface area contributed by atoms with E-state index in [4.69, 9.17) is 4.74 Å². The van der Waals surface area contributed by atoms with E-state index in [1.54, 1.807) is 23.9 Å². The summed E-state index contributed by atoms with van der Waals surface area (Å²) in [7, 11) is 1.87. The molecule has 1 aliphatic heterocycles. The van der Waals surface area contributed by atoms with Crippen LogP contribution >= 0.6 is 11.8 Å². The highest BCUT2D eigenvalue weighted by atomic mass is 32.2. The summed E-state index contributed by atoms with van der Waals surface area (Å²) in [5.41, 5.74) is 2.17. The molecule has 1 heterocycles. The van der Waals surface area contributed by atoms with Crippen molar-refractivity contribution in [2.75, 3.05) is 19.2 Å². The van der Waals surface area contributed by atoms with Crippen LogP contribution in [0.4, 0.5) is 4.39 Å². The molecule has 0 aromatic heterocycles. The van der Waals surface area contributed by atoms with E-state index in [0.29, 0.717) is 17.3 Å². The average molecular weight is 277 g/mol. The molecule has 4 heteroatoms. The van der Waals surface area contributed by atoms with Gasteiger partial charge in [0.25, 0.3) is 0 Å². The van der Waals surface area contributed by atoms with Crippen molar-refractivity contribution in [3.05, 3.63) is 60.1 Å². The number of rotatable bonds is 4. The molecule has 100 valence electrons. The van der Waals surface area contributed by atoms with Crippen LogP contribution in [-0.2, 0) is 0 Å². The van der Waals surface area contributed by atoms with Gasteiger partial charge in [0.05, 0.1) is 5.70 Å². The monoisotopic (exact) mass is 277 g/mol. The number of hydrogen-bond donors (Lipinski definition) is 0. The van der Waals surface area contributed by atoms with Gasteiger partial charge in [-0.15, -0.1) is 11.8 Å². The number of thioether (sulfide) groups is 1. The molecule has 0 unspecified atom stereocenters. The molecule has 1 aromatic carbocycles. The van der Waals surface area contributed by atoms with E-state index in [2.05, 4.69) is 6.58 Å². The van der Waals surface area contributed by atoms with Gasteiger partial charge in [0.2, 0.25) is 0 Å². The van der Waals surface area contributed by atoms with Gasteiger partial charge in [-0.25, -0.2) is 4.39 Å². The molecule has 0 aliphatic carbocycles. The molecule has 2 nitrogen and oxygen atoms in total. The third kappa shape index (κ3) is 3.01. The van der Waals surface area contributed by atoms with E-state index in [0.717, 1.165) is 11.4 Å². The number of halogens is 1. The lowest BCUT2D eigenvalue weighted by molar-refractivity contribution is 0.390. The molecule has 1 aliphatic rings. The van der Waals surface area contributed by atoms with Crippen LogP contribution in [-0.4, -0.2) is 24.1 Å². The molecule has 0 amide bonds. The highest BCUT2D eigenvalue weighted by Gasteiger charge is 2.15. The SMILES string of the molecule is C=C1C=CC=C(c2ccc(OCSC)cc2F)N1C. The Morgan fingerprint density at radius 1 is 1.42 bits per heavy atom. The summed E-state index contributed by atoms with van der Waals surface area (Å²) >= 11 is 1.55. The summed E-state index contributed by atoms with van der Waals surface area (Å²) in [5, 5.41) is 0. The first-order valence-corrected chi connectivity index (χ1v) is 7.25. The van der Waals surface area contributed by atoms with Crippen molar-refractivity contribution in [2.45, 2.75) is 0 Å². The summed E-state index contributed by atoms with van der Waals surface area (Å²) in [5.74, 6) is 0.768. The third-order valence-electron chi connectivity index (χ3n) is 2.89. The van der Waals surface area contributed by atoms with Gasteiger partial charge in [-0.3, -0.25) is 0 Å². The van der Waals surface area contributed by atoms with Crippen molar-refractivity contribution in [1.29, 1.82) is 0 Å². The normalized spacial score (nSPS) is 14.6. The van der Waals surface area contributed by atoms with Crippen molar-refractivity contribution in [2.24, 2.45) is 0 Å². The quantitative estimate of drug-likeness (QED) is 0.775. The Morgan fingerprint density at radius 2 is 2.21 bits per heavy atom. The number of nitrogens with zero attached hydrogens (tertiary/aromatic N) is 1. The van der Waals surface area contributed by atoms with Crippen LogP contribution in [0.5, 0.6) is 5.75 Å². The van der Waals surface area contributed by atoms with E-state index in [1.165, 1.54) is 6.07 Å². The number of benzene rings is 1. The molecule has 0 N–H and O–H groups in total. The second-order valence-corrected chi connectivity index (χ2v) is 4.97. The smallest absolute Gasteiger partial charge is 0.136 e. The zero-order valence-corrected chi connectivity index (χ0v) is 11.8. The van der Waals surface area contributed by atoms with E-state index in [1.807, 2.05) is 36.4 Å². The maximum Gasteiger partial charge on any atom is 0.136 e. The molecular weight excluding hydrogens is 261 g/mol. The van der Waals surface area contributed by atoms with Crippen LogP contribution in [0.2, 0.25) is 0 Å². The summed E-state index contributed by atoms with van der Waals surface area (Å²) in [6.45, 7) is 3.91. The highest BCUT2D eigenvalue weighted by molar-refractivity contribution is 7.98. The first-order valence-electron chi connectivity index (χ1n) is 5.86. The molecule has 0 spiro atoms. The lowest BCUT2D eigenvalue weighted by Gasteiger charge is -2.26. The lowest BCUT2D eigenvalue weighted by Crippen LogP contribution is -2.17. The van der Waals surface area contributed by atoms with Crippen LogP contribution in [0.15, 0.2) is 48.7 Å². The minimum absolute atomic E-state index is 0.292. The van der Waals surface area contributed by atoms with Crippen molar-refractivity contribution >= 4 is 17.5 Å². The number of ether oxygens (including phenoxy) is 1. The van der Waals surface area contributed by atoms with E-state index in [-0.39, 0.29) is 5.82 Å². The van der Waals surface area contributed by atoms with Gasteiger partial charge in [0.15, 0.2) is 0 Å². The molecule has 0 radical (unpaired) electrons. The minimum atomic E-state index is -0.292. The Morgan fingerprint density at radius 3 is 2.89 bits per heavy atom. The molecule has 0 atom stereocenters. The maximum absolute atomic E-state index is 14.2. The van der Waals surface area contributed by atoms with E-state index < -0.39 is 0 Å². The third-order valence-corrected chi connectivity index (χ3v) is 3.25. The van der Waals surface area contributed by atoms with E-state index in [9.17, 15) is 4.39 Å². The molecule has 2 rings (SSSR count). The Kier molecular flexibility index (Phi) is 4.32. The Labute approximate surface area is 117 Å². The number of hydrogen-bond acceptors (Lipinski definition) is 3. The molecule has 0 bridgehead atoms. The molecule has 19 heavy (non-hydrogen) atoms. The van der Waals surface area contributed by atoms with Crippen molar-refractivity contribution < 1.29 is 9.13 Å². The minimum Gasteiger partial charge on any atom is -0.483 e. The Bertz CT molecular complexity index is 551. The average Bonchev–Trinajstić information content (AvgIpc) is 2.40. The van der Waals surface area contributed by atoms with Gasteiger partial charge < -0.3 is 9.64 Å². The van der Waals surface area contributed by atoms with Gasteiger partial charge in [-0.05, 0) is 30.5 Å². The zero-order valence-electron chi connectivity index (χ0n) is 11.0. The van der Waals surface area contributed by atoms with Gasteiger partial charge in [0.1, 0.15) is 17.5 Å². The van der Waals surface area contributed by atoms with Crippen molar-refractivity contribution in [1.82, 2.24) is 4.90 Å². The molecule has 0 saturated heterocycles. The largest absolute Gasteiger partial charge is 0.483 e. The number of likely N-dealkylation sites (N-methyl/N-ethyl adjacent to an activating group) is 1. The second kappa shape index (κ2) is 5.97. The molecular formula is C15H16FNOS. The van der Waals surface area contributed by atoms with Crippen LogP contribution in [0, 0.1) is 5.82 Å². The van der Waals surface area contributed by atoms with Gasteiger partial charge >= 0.3 is 0 Å². The molecule has 1 aromatic rings. The van der Waals surface area contributed by atoms with Gasteiger partial charge in [-0.1, -0.05) is 12.7 Å². The summed E-state index contributed by atoms with van der Waals surface area (Å²) in [6.07, 6.45) is 7.56. The predicted molar refractivity (Wildman–Crippen MR) is 79.4 cm³/mol. The van der Waals surface area contributed by atoms with E-state index >= 15 is 0 Å². The van der Waals surface area contributed by atoms with Gasteiger partial charge in [0, 0.05) is 24.4 Å². The van der Waals surface area contributed by atoms with Crippen molar-refractivity contribution in [3.8, 4) is 5.75 Å². The fourth-order valence-electron chi connectivity index (χ4n) is 1.82. The fraction of sp³-hybridized carbons (Fsp3) is 0.200. The predicted octanol–water partition coefficient (Wildman–Crippen LogP) is 3.88. The fourth-order valence-corrected chi connectivity index (χ4v) is 2.07. The first kappa shape index (κ1) is 13.7. The Hall–Kier alpha value is -1.68. The summed E-state index contributed by atoms with van der Waals surface area (Å²) < 4.78 is 19.5. The second-order valence-electron chi connectivity index (χ2n) is 4.15.